The molecule has 1 N–H and O–H groups in total. The van der Waals surface area contributed by atoms with Gasteiger partial charge in [-0.15, -0.1) is 0 Å². The second kappa shape index (κ2) is 6.15. The van der Waals surface area contributed by atoms with Crippen molar-refractivity contribution in [1.82, 2.24) is 0 Å². The van der Waals surface area contributed by atoms with Crippen LogP contribution in [-0.4, -0.2) is 10.8 Å². The van der Waals surface area contributed by atoms with Gasteiger partial charge in [0, 0.05) is 23.4 Å². The van der Waals surface area contributed by atoms with Gasteiger partial charge in [-0.3, -0.25) is 14.9 Å². The van der Waals surface area contributed by atoms with Gasteiger partial charge >= 0.3 is 0 Å². The van der Waals surface area contributed by atoms with Gasteiger partial charge in [-0.25, -0.2) is 0 Å². The van der Waals surface area contributed by atoms with Crippen molar-refractivity contribution in [1.29, 1.82) is 0 Å². The van der Waals surface area contributed by atoms with Crippen LogP contribution in [0.15, 0.2) is 71.3 Å². The van der Waals surface area contributed by atoms with Crippen LogP contribution in [0, 0.1) is 10.1 Å². The topological polar surface area (TPSA) is 85.4 Å². The first-order chi connectivity index (χ1) is 11.1. The molecule has 114 valence electrons. The summed E-state index contributed by atoms with van der Waals surface area (Å²) in [5.74, 6) is 0.0319. The summed E-state index contributed by atoms with van der Waals surface area (Å²) in [6.45, 7) is 0. The van der Waals surface area contributed by atoms with E-state index in [-0.39, 0.29) is 11.3 Å². The first-order valence-electron chi connectivity index (χ1n) is 6.84. The quantitative estimate of drug-likeness (QED) is 0.580. The number of hydrogen-bond acceptors (Lipinski definition) is 4. The Hall–Kier alpha value is -3.41. The van der Waals surface area contributed by atoms with Gasteiger partial charge in [0.2, 0.25) is 0 Å². The molecule has 0 saturated heterocycles. The van der Waals surface area contributed by atoms with Crippen molar-refractivity contribution < 1.29 is 14.1 Å². The minimum Gasteiger partial charge on any atom is -0.464 e. The third-order valence-electron chi connectivity index (χ3n) is 3.28. The number of amides is 1. The number of rotatable bonds is 4. The highest BCUT2D eigenvalue weighted by Gasteiger charge is 2.19. The summed E-state index contributed by atoms with van der Waals surface area (Å²) in [6.07, 6.45) is 1.48. The van der Waals surface area contributed by atoms with Crippen LogP contribution in [0.1, 0.15) is 10.4 Å². The fraction of sp³-hybridized carbons (Fsp3) is 0. The summed E-state index contributed by atoms with van der Waals surface area (Å²) in [5.41, 5.74) is 1.12. The van der Waals surface area contributed by atoms with Gasteiger partial charge in [-0.05, 0) is 30.3 Å². The molecule has 23 heavy (non-hydrogen) atoms. The lowest BCUT2D eigenvalue weighted by molar-refractivity contribution is -0.384. The summed E-state index contributed by atoms with van der Waals surface area (Å²) in [7, 11) is 0. The molecule has 0 radical (unpaired) electrons. The van der Waals surface area contributed by atoms with Crippen molar-refractivity contribution in [2.75, 3.05) is 5.32 Å². The number of carbonyl (C=O) groups excluding carboxylic acids is 1. The molecule has 6 nitrogen and oxygen atoms in total. The van der Waals surface area contributed by atoms with Crippen molar-refractivity contribution in [2.24, 2.45) is 0 Å². The summed E-state index contributed by atoms with van der Waals surface area (Å²) < 4.78 is 5.31. The third kappa shape index (κ3) is 3.11. The second-order valence-corrected chi connectivity index (χ2v) is 4.78. The summed E-state index contributed by atoms with van der Waals surface area (Å²) >= 11 is 0. The van der Waals surface area contributed by atoms with Crippen LogP contribution in [0.2, 0.25) is 0 Å². The number of para-hydroxylation sites is 1. The van der Waals surface area contributed by atoms with Gasteiger partial charge in [0.05, 0.1) is 16.7 Å². The number of carbonyl (C=O) groups is 1. The minimum atomic E-state index is -0.536. The Labute approximate surface area is 131 Å². The first-order valence-corrected chi connectivity index (χ1v) is 6.84. The van der Waals surface area contributed by atoms with Crippen molar-refractivity contribution in [3.8, 4) is 11.3 Å². The van der Waals surface area contributed by atoms with Crippen LogP contribution in [0.25, 0.3) is 11.3 Å². The largest absolute Gasteiger partial charge is 0.464 e. The molecule has 0 aliphatic rings. The third-order valence-corrected chi connectivity index (χ3v) is 3.28. The van der Waals surface area contributed by atoms with E-state index >= 15 is 0 Å². The van der Waals surface area contributed by atoms with E-state index in [2.05, 4.69) is 5.32 Å². The van der Waals surface area contributed by atoms with Gasteiger partial charge in [0.15, 0.2) is 0 Å². The number of nitro benzene ring substituents is 1. The molecule has 1 aromatic heterocycles. The monoisotopic (exact) mass is 308 g/mol. The average Bonchev–Trinajstić information content (AvgIpc) is 3.09. The van der Waals surface area contributed by atoms with E-state index in [1.54, 1.807) is 36.4 Å². The predicted molar refractivity (Wildman–Crippen MR) is 85.2 cm³/mol. The molecule has 0 saturated carbocycles. The van der Waals surface area contributed by atoms with Crippen LogP contribution >= 0.6 is 0 Å². The van der Waals surface area contributed by atoms with Gasteiger partial charge in [-0.2, -0.15) is 0 Å². The minimum absolute atomic E-state index is 0.154. The normalized spacial score (nSPS) is 10.3. The summed E-state index contributed by atoms with van der Waals surface area (Å²) in [5, 5.41) is 13.7. The lowest BCUT2D eigenvalue weighted by atomic mass is 10.0. The molecule has 0 aliphatic carbocycles. The molecule has 0 unspecified atom stereocenters. The van der Waals surface area contributed by atoms with E-state index in [0.717, 1.165) is 0 Å². The smallest absolute Gasteiger partial charge is 0.270 e. The molecule has 0 aliphatic heterocycles. The van der Waals surface area contributed by atoms with E-state index in [1.165, 1.54) is 24.5 Å². The van der Waals surface area contributed by atoms with E-state index in [4.69, 9.17) is 4.42 Å². The zero-order valence-electron chi connectivity index (χ0n) is 11.9. The number of nitrogens with zero attached hydrogens (tertiary/aromatic N) is 1. The molecule has 1 heterocycles. The molecule has 0 fully saturated rings. The molecule has 0 atom stereocenters. The average molecular weight is 308 g/mol. The van der Waals surface area contributed by atoms with Crippen molar-refractivity contribution in [3.63, 3.8) is 0 Å². The zero-order valence-corrected chi connectivity index (χ0v) is 11.9. The number of nitrogens with one attached hydrogen (secondary N) is 1. The summed E-state index contributed by atoms with van der Waals surface area (Å²) in [4.78, 5) is 23.0. The molecule has 0 bridgehead atoms. The first kappa shape index (κ1) is 14.5. The van der Waals surface area contributed by atoms with E-state index in [1.807, 2.05) is 6.07 Å². The maximum atomic E-state index is 12.5. The molecule has 2 aromatic carbocycles. The molecular formula is C17H12N2O4. The van der Waals surface area contributed by atoms with Crippen molar-refractivity contribution in [3.05, 3.63) is 82.6 Å². The zero-order chi connectivity index (χ0) is 16.2. The van der Waals surface area contributed by atoms with Gasteiger partial charge in [0.1, 0.15) is 5.76 Å². The molecule has 1 amide bonds. The van der Waals surface area contributed by atoms with Crippen LogP contribution < -0.4 is 5.32 Å². The fourth-order valence-electron chi connectivity index (χ4n) is 2.20. The summed E-state index contributed by atoms with van der Waals surface area (Å²) in [6, 6.07) is 16.4. The lowest BCUT2D eigenvalue weighted by Gasteiger charge is -2.09. The maximum absolute atomic E-state index is 12.5. The van der Waals surface area contributed by atoms with E-state index < -0.39 is 10.8 Å². The molecule has 3 aromatic rings. The Morgan fingerprint density at radius 1 is 1.04 bits per heavy atom. The number of hydrogen-bond donors (Lipinski definition) is 1. The molecule has 6 heteroatoms. The molecular weight excluding hydrogens is 296 g/mol. The molecule has 3 rings (SSSR count). The Morgan fingerprint density at radius 2 is 1.83 bits per heavy atom. The van der Waals surface area contributed by atoms with Crippen LogP contribution in [-0.2, 0) is 0 Å². The number of nitro groups is 1. The van der Waals surface area contributed by atoms with Crippen LogP contribution in [0.4, 0.5) is 11.4 Å². The van der Waals surface area contributed by atoms with Crippen LogP contribution in [0.5, 0.6) is 0 Å². The number of furan rings is 1. The highest BCUT2D eigenvalue weighted by molar-refractivity contribution is 6.08. The number of non-ortho nitro benzene ring substituents is 1. The predicted octanol–water partition coefficient (Wildman–Crippen LogP) is 4.11. The maximum Gasteiger partial charge on any atom is 0.270 e. The Morgan fingerprint density at radius 3 is 2.48 bits per heavy atom. The highest BCUT2D eigenvalue weighted by atomic mass is 16.6. The number of benzene rings is 2. The Balaban J connectivity index is 2.02. The van der Waals surface area contributed by atoms with Crippen molar-refractivity contribution >= 4 is 17.3 Å². The number of anilines is 1. The van der Waals surface area contributed by atoms with Gasteiger partial charge in [-0.1, -0.05) is 18.2 Å². The van der Waals surface area contributed by atoms with Gasteiger partial charge < -0.3 is 9.73 Å². The Bertz CT molecular complexity index is 842. The van der Waals surface area contributed by atoms with E-state index in [9.17, 15) is 14.9 Å². The fourth-order valence-corrected chi connectivity index (χ4v) is 2.20. The highest BCUT2D eigenvalue weighted by Crippen LogP contribution is 2.28. The van der Waals surface area contributed by atoms with E-state index in [0.29, 0.717) is 17.0 Å². The molecule has 0 spiro atoms. The van der Waals surface area contributed by atoms with Gasteiger partial charge in [0.25, 0.3) is 11.6 Å². The second-order valence-electron chi connectivity index (χ2n) is 4.78. The standard InChI is InChI=1S/C17H12N2O4/c20-17(18-12-5-2-1-3-6-12)15-11-13(19(21)22)8-9-14(15)16-7-4-10-23-16/h1-11H,(H,18,20). The Kier molecular flexibility index (Phi) is 3.88. The lowest BCUT2D eigenvalue weighted by Crippen LogP contribution is -2.13. The SMILES string of the molecule is O=C(Nc1ccccc1)c1cc([N+](=O)[O-])ccc1-c1ccco1. The van der Waals surface area contributed by atoms with Crippen molar-refractivity contribution in [2.45, 2.75) is 0 Å². The van der Waals surface area contributed by atoms with Crippen LogP contribution in [0.3, 0.4) is 0 Å².